The molecular formula is C9H21N3O. The van der Waals surface area contributed by atoms with E-state index < -0.39 is 0 Å². The molecular weight excluding hydrogens is 166 g/mol. The minimum atomic E-state index is -0.00643. The van der Waals surface area contributed by atoms with Crippen LogP contribution in [0.3, 0.4) is 0 Å². The first kappa shape index (κ1) is 12.2. The van der Waals surface area contributed by atoms with Crippen LogP contribution in [0.4, 0.5) is 4.79 Å². The smallest absolute Gasteiger partial charge is 0.317 e. The van der Waals surface area contributed by atoms with Gasteiger partial charge in [-0.15, -0.1) is 0 Å². The number of rotatable bonds is 5. The third-order valence-electron chi connectivity index (χ3n) is 1.67. The van der Waals surface area contributed by atoms with Gasteiger partial charge in [0.05, 0.1) is 0 Å². The molecule has 4 heteroatoms. The van der Waals surface area contributed by atoms with Crippen LogP contribution in [0.5, 0.6) is 0 Å². The van der Waals surface area contributed by atoms with E-state index in [1.165, 1.54) is 0 Å². The molecule has 0 aliphatic carbocycles. The van der Waals surface area contributed by atoms with Gasteiger partial charge >= 0.3 is 6.03 Å². The number of likely N-dealkylation sites (N-methyl/N-ethyl adjacent to an activating group) is 1. The van der Waals surface area contributed by atoms with Crippen molar-refractivity contribution in [2.24, 2.45) is 0 Å². The maximum Gasteiger partial charge on any atom is 0.317 e. The number of carbonyl (C=O) groups excluding carboxylic acids is 1. The predicted molar refractivity (Wildman–Crippen MR) is 54.8 cm³/mol. The quantitative estimate of drug-likeness (QED) is 0.663. The maximum absolute atomic E-state index is 11.2. The molecule has 0 saturated carbocycles. The topological polar surface area (TPSA) is 44.4 Å². The minimum Gasteiger partial charge on any atom is -0.338 e. The Morgan fingerprint density at radius 3 is 2.54 bits per heavy atom. The summed E-state index contributed by atoms with van der Waals surface area (Å²) in [6.07, 6.45) is 0. The minimum absolute atomic E-state index is 0.00643. The number of hydrogen-bond acceptors (Lipinski definition) is 2. The second-order valence-corrected chi connectivity index (χ2v) is 3.37. The van der Waals surface area contributed by atoms with E-state index in [9.17, 15) is 4.79 Å². The number of nitrogens with zero attached hydrogens (tertiary/aromatic N) is 1. The van der Waals surface area contributed by atoms with Gasteiger partial charge in [0.1, 0.15) is 0 Å². The molecule has 2 amide bonds. The molecule has 0 unspecified atom stereocenters. The van der Waals surface area contributed by atoms with Crippen molar-refractivity contribution in [1.82, 2.24) is 15.5 Å². The van der Waals surface area contributed by atoms with Crippen molar-refractivity contribution in [3.8, 4) is 0 Å². The Bertz CT molecular complexity index is 148. The van der Waals surface area contributed by atoms with Crippen molar-refractivity contribution in [3.63, 3.8) is 0 Å². The van der Waals surface area contributed by atoms with Crippen molar-refractivity contribution >= 4 is 6.03 Å². The van der Waals surface area contributed by atoms with E-state index in [0.717, 1.165) is 13.1 Å². The number of nitrogens with one attached hydrogen (secondary N) is 2. The Morgan fingerprint density at radius 2 is 2.08 bits per heavy atom. The standard InChI is InChI=1S/C9H21N3O/c1-5-10-9(13)12(4)7-6-11-8(2)3/h8,11H,5-7H2,1-4H3,(H,10,13). The van der Waals surface area contributed by atoms with E-state index in [4.69, 9.17) is 0 Å². The highest BCUT2D eigenvalue weighted by Gasteiger charge is 2.05. The lowest BCUT2D eigenvalue weighted by Crippen LogP contribution is -2.41. The first-order valence-corrected chi connectivity index (χ1v) is 4.80. The van der Waals surface area contributed by atoms with Gasteiger partial charge in [0.2, 0.25) is 0 Å². The van der Waals surface area contributed by atoms with Crippen LogP contribution in [-0.4, -0.2) is 43.7 Å². The third kappa shape index (κ3) is 6.40. The molecule has 0 aliphatic heterocycles. The highest BCUT2D eigenvalue weighted by molar-refractivity contribution is 5.73. The first-order chi connectivity index (χ1) is 6.07. The molecule has 0 spiro atoms. The average molecular weight is 187 g/mol. The lowest BCUT2D eigenvalue weighted by molar-refractivity contribution is 0.209. The lowest BCUT2D eigenvalue weighted by Gasteiger charge is -2.18. The van der Waals surface area contributed by atoms with Crippen LogP contribution < -0.4 is 10.6 Å². The van der Waals surface area contributed by atoms with Crippen molar-refractivity contribution in [2.75, 3.05) is 26.7 Å². The predicted octanol–water partition coefficient (Wildman–Crippen LogP) is 0.646. The summed E-state index contributed by atoms with van der Waals surface area (Å²) in [6.45, 7) is 8.35. The van der Waals surface area contributed by atoms with Crippen molar-refractivity contribution in [2.45, 2.75) is 26.8 Å². The molecule has 0 saturated heterocycles. The molecule has 0 aromatic carbocycles. The molecule has 2 N–H and O–H groups in total. The molecule has 0 fully saturated rings. The van der Waals surface area contributed by atoms with Crippen LogP contribution in [0.1, 0.15) is 20.8 Å². The van der Waals surface area contributed by atoms with Crippen molar-refractivity contribution < 1.29 is 4.79 Å². The fourth-order valence-corrected chi connectivity index (χ4v) is 0.909. The molecule has 0 radical (unpaired) electrons. The summed E-state index contributed by atoms with van der Waals surface area (Å²) in [6, 6.07) is 0.468. The summed E-state index contributed by atoms with van der Waals surface area (Å²) in [4.78, 5) is 12.9. The number of amides is 2. The Hall–Kier alpha value is -0.770. The summed E-state index contributed by atoms with van der Waals surface area (Å²) in [5, 5.41) is 5.99. The summed E-state index contributed by atoms with van der Waals surface area (Å²) < 4.78 is 0. The third-order valence-corrected chi connectivity index (χ3v) is 1.67. The second-order valence-electron chi connectivity index (χ2n) is 3.37. The summed E-state index contributed by atoms with van der Waals surface area (Å²) >= 11 is 0. The molecule has 0 aromatic heterocycles. The van der Waals surface area contributed by atoms with Gasteiger partial charge < -0.3 is 15.5 Å². The summed E-state index contributed by atoms with van der Waals surface area (Å²) in [5.41, 5.74) is 0. The van der Waals surface area contributed by atoms with Crippen LogP contribution in [0, 0.1) is 0 Å². The molecule has 13 heavy (non-hydrogen) atoms. The van der Waals surface area contributed by atoms with E-state index in [0.29, 0.717) is 12.6 Å². The Labute approximate surface area is 80.7 Å². The molecule has 0 heterocycles. The van der Waals surface area contributed by atoms with Gasteiger partial charge in [-0.1, -0.05) is 13.8 Å². The largest absolute Gasteiger partial charge is 0.338 e. The SMILES string of the molecule is CCNC(=O)N(C)CCNC(C)C. The fraction of sp³-hybridized carbons (Fsp3) is 0.889. The van der Waals surface area contributed by atoms with Crippen molar-refractivity contribution in [3.05, 3.63) is 0 Å². The van der Waals surface area contributed by atoms with E-state index in [-0.39, 0.29) is 6.03 Å². The highest BCUT2D eigenvalue weighted by Crippen LogP contribution is 1.83. The van der Waals surface area contributed by atoms with Crippen LogP contribution in [0.2, 0.25) is 0 Å². The molecule has 78 valence electrons. The molecule has 0 atom stereocenters. The van der Waals surface area contributed by atoms with Gasteiger partial charge in [0.15, 0.2) is 0 Å². The van der Waals surface area contributed by atoms with E-state index >= 15 is 0 Å². The molecule has 4 nitrogen and oxygen atoms in total. The molecule has 0 aliphatic rings. The number of hydrogen-bond donors (Lipinski definition) is 2. The first-order valence-electron chi connectivity index (χ1n) is 4.80. The zero-order valence-corrected chi connectivity index (χ0v) is 9.05. The zero-order chi connectivity index (χ0) is 10.3. The van der Waals surface area contributed by atoms with Gasteiger partial charge in [-0.25, -0.2) is 4.79 Å². The average Bonchev–Trinajstić information content (AvgIpc) is 2.04. The van der Waals surface area contributed by atoms with Crippen LogP contribution in [-0.2, 0) is 0 Å². The zero-order valence-electron chi connectivity index (χ0n) is 9.05. The van der Waals surface area contributed by atoms with Gasteiger partial charge in [0, 0.05) is 32.7 Å². The Morgan fingerprint density at radius 1 is 1.46 bits per heavy atom. The monoisotopic (exact) mass is 187 g/mol. The molecule has 0 rings (SSSR count). The van der Waals surface area contributed by atoms with Gasteiger partial charge in [-0.2, -0.15) is 0 Å². The van der Waals surface area contributed by atoms with Crippen LogP contribution >= 0.6 is 0 Å². The van der Waals surface area contributed by atoms with Gasteiger partial charge in [-0.05, 0) is 6.92 Å². The molecule has 0 aromatic rings. The van der Waals surface area contributed by atoms with E-state index in [2.05, 4.69) is 24.5 Å². The van der Waals surface area contributed by atoms with Crippen LogP contribution in [0.25, 0.3) is 0 Å². The molecule has 0 bridgehead atoms. The highest BCUT2D eigenvalue weighted by atomic mass is 16.2. The van der Waals surface area contributed by atoms with E-state index in [1.807, 2.05) is 6.92 Å². The van der Waals surface area contributed by atoms with Gasteiger partial charge in [0.25, 0.3) is 0 Å². The van der Waals surface area contributed by atoms with Crippen LogP contribution in [0.15, 0.2) is 0 Å². The Kier molecular flexibility index (Phi) is 6.32. The Balaban J connectivity index is 3.49. The summed E-state index contributed by atoms with van der Waals surface area (Å²) in [7, 11) is 1.80. The fourth-order valence-electron chi connectivity index (χ4n) is 0.909. The van der Waals surface area contributed by atoms with Gasteiger partial charge in [-0.3, -0.25) is 0 Å². The lowest BCUT2D eigenvalue weighted by atomic mass is 10.4. The van der Waals surface area contributed by atoms with Crippen molar-refractivity contribution in [1.29, 1.82) is 0 Å². The summed E-state index contributed by atoms with van der Waals surface area (Å²) in [5.74, 6) is 0. The maximum atomic E-state index is 11.2. The normalized spacial score (nSPS) is 10.2. The number of carbonyl (C=O) groups is 1. The number of urea groups is 1. The second kappa shape index (κ2) is 6.71. The van der Waals surface area contributed by atoms with E-state index in [1.54, 1.807) is 11.9 Å².